The summed E-state index contributed by atoms with van der Waals surface area (Å²) in [6, 6.07) is 21.0. The van der Waals surface area contributed by atoms with Gasteiger partial charge in [0.1, 0.15) is 5.75 Å². The Balaban J connectivity index is 1.62. The Morgan fingerprint density at radius 1 is 0.966 bits per heavy atom. The molecule has 3 aromatic carbocycles. The Morgan fingerprint density at radius 3 is 2.24 bits per heavy atom. The summed E-state index contributed by atoms with van der Waals surface area (Å²) < 4.78 is 5.19. The second-order valence-electron chi connectivity index (χ2n) is 5.80. The second kappa shape index (κ2) is 9.38. The number of nitrogens with one attached hydrogen (secondary N) is 2. The van der Waals surface area contributed by atoms with Crippen LogP contribution < -0.4 is 15.4 Å². The third-order valence-corrected chi connectivity index (χ3v) is 4.01. The number of azo groups is 1. The van der Waals surface area contributed by atoms with Crippen molar-refractivity contribution in [3.63, 3.8) is 0 Å². The number of hydrogen-bond donors (Lipinski definition) is 2. The van der Waals surface area contributed by atoms with Gasteiger partial charge in [0.25, 0.3) is 5.69 Å². The fraction of sp³-hybridized carbons (Fsp3) is 0.0500. The van der Waals surface area contributed by atoms with Crippen LogP contribution >= 0.6 is 12.2 Å². The van der Waals surface area contributed by atoms with E-state index >= 15 is 0 Å². The molecule has 9 heteroatoms. The lowest BCUT2D eigenvalue weighted by Gasteiger charge is -2.13. The highest BCUT2D eigenvalue weighted by Gasteiger charge is 2.12. The van der Waals surface area contributed by atoms with Crippen LogP contribution in [-0.2, 0) is 0 Å². The summed E-state index contributed by atoms with van der Waals surface area (Å²) in [4.78, 5) is 10.4. The zero-order chi connectivity index (χ0) is 20.6. The Kier molecular flexibility index (Phi) is 6.43. The molecule has 0 saturated heterocycles. The van der Waals surface area contributed by atoms with Gasteiger partial charge in [-0.2, -0.15) is 10.2 Å². The van der Waals surface area contributed by atoms with Gasteiger partial charge in [0, 0.05) is 11.8 Å². The van der Waals surface area contributed by atoms with Crippen LogP contribution in [0.15, 0.2) is 83.0 Å². The first kappa shape index (κ1) is 19.9. The van der Waals surface area contributed by atoms with Gasteiger partial charge in [-0.3, -0.25) is 10.1 Å². The number of thiocarbonyl (C=S) groups is 1. The summed E-state index contributed by atoms with van der Waals surface area (Å²) in [5.74, 6) is 0.319. The smallest absolute Gasteiger partial charge is 0.273 e. The molecule has 0 amide bonds. The molecule has 0 bridgehead atoms. The molecule has 0 saturated carbocycles. The molecule has 29 heavy (non-hydrogen) atoms. The average molecular weight is 407 g/mol. The first-order valence-electron chi connectivity index (χ1n) is 8.52. The standard InChI is InChI=1S/C20H17N5O3S/c1-28-19-13-17(25(26)27)11-12-18(19)22-20(29)21-14-7-9-16(10-8-14)24-23-15-5-3-2-4-6-15/h2-13H,1H3,(H2,21,22,29). The molecule has 3 aromatic rings. The van der Waals surface area contributed by atoms with Crippen molar-refractivity contribution in [2.45, 2.75) is 0 Å². The highest BCUT2D eigenvalue weighted by atomic mass is 32.1. The lowest BCUT2D eigenvalue weighted by Crippen LogP contribution is -2.19. The van der Waals surface area contributed by atoms with Crippen LogP contribution in [-0.4, -0.2) is 17.1 Å². The van der Waals surface area contributed by atoms with Gasteiger partial charge in [0.15, 0.2) is 5.11 Å². The number of nitrogens with zero attached hydrogens (tertiary/aromatic N) is 3. The number of rotatable bonds is 6. The Labute approximate surface area is 172 Å². The predicted molar refractivity (Wildman–Crippen MR) is 117 cm³/mol. The van der Waals surface area contributed by atoms with Gasteiger partial charge in [-0.05, 0) is 54.7 Å². The number of methoxy groups -OCH3 is 1. The van der Waals surface area contributed by atoms with Gasteiger partial charge in [-0.15, -0.1) is 0 Å². The third-order valence-electron chi connectivity index (χ3n) is 3.81. The molecule has 0 aromatic heterocycles. The summed E-state index contributed by atoms with van der Waals surface area (Å²) in [5, 5.41) is 25.6. The largest absolute Gasteiger partial charge is 0.494 e. The van der Waals surface area contributed by atoms with Gasteiger partial charge in [0.2, 0.25) is 0 Å². The number of hydrogen-bond acceptors (Lipinski definition) is 6. The number of benzene rings is 3. The van der Waals surface area contributed by atoms with E-state index in [9.17, 15) is 10.1 Å². The first-order chi connectivity index (χ1) is 14.0. The summed E-state index contributed by atoms with van der Waals surface area (Å²) in [6.45, 7) is 0. The monoisotopic (exact) mass is 407 g/mol. The summed E-state index contributed by atoms with van der Waals surface area (Å²) in [6.07, 6.45) is 0. The number of nitro groups is 1. The van der Waals surface area contributed by atoms with Crippen LogP contribution in [0.1, 0.15) is 0 Å². The van der Waals surface area contributed by atoms with Crippen molar-refractivity contribution in [3.8, 4) is 5.75 Å². The van der Waals surface area contributed by atoms with Crippen LogP contribution in [0.5, 0.6) is 5.75 Å². The fourth-order valence-corrected chi connectivity index (χ4v) is 2.63. The minimum atomic E-state index is -0.487. The average Bonchev–Trinajstić information content (AvgIpc) is 2.74. The van der Waals surface area contributed by atoms with E-state index in [0.717, 1.165) is 11.4 Å². The topological polar surface area (TPSA) is 101 Å². The van der Waals surface area contributed by atoms with Crippen LogP contribution in [0.4, 0.5) is 28.4 Å². The maximum atomic E-state index is 10.9. The minimum Gasteiger partial charge on any atom is -0.494 e. The molecule has 0 aliphatic carbocycles. The van der Waals surface area contributed by atoms with Gasteiger partial charge >= 0.3 is 0 Å². The number of anilines is 2. The lowest BCUT2D eigenvalue weighted by molar-refractivity contribution is -0.384. The van der Waals surface area contributed by atoms with Crippen molar-refractivity contribution in [1.29, 1.82) is 0 Å². The minimum absolute atomic E-state index is 0.0634. The molecular formula is C20H17N5O3S. The van der Waals surface area contributed by atoms with E-state index in [0.29, 0.717) is 22.2 Å². The first-order valence-corrected chi connectivity index (χ1v) is 8.93. The maximum absolute atomic E-state index is 10.9. The Bertz CT molecular complexity index is 1040. The van der Waals surface area contributed by atoms with E-state index in [1.54, 1.807) is 0 Å². The third kappa shape index (κ3) is 5.56. The van der Waals surface area contributed by atoms with Crippen molar-refractivity contribution < 1.29 is 9.66 Å². The number of ether oxygens (including phenoxy) is 1. The number of non-ortho nitro benzene ring substituents is 1. The van der Waals surface area contributed by atoms with E-state index in [4.69, 9.17) is 17.0 Å². The predicted octanol–water partition coefficient (Wildman–Crippen LogP) is 5.83. The molecule has 0 aliphatic heterocycles. The highest BCUT2D eigenvalue weighted by molar-refractivity contribution is 7.80. The zero-order valence-corrected chi connectivity index (χ0v) is 16.2. The molecule has 2 N–H and O–H groups in total. The van der Waals surface area contributed by atoms with Crippen molar-refractivity contribution in [2.24, 2.45) is 10.2 Å². The Morgan fingerprint density at radius 2 is 1.62 bits per heavy atom. The van der Waals surface area contributed by atoms with Crippen LogP contribution in [0.2, 0.25) is 0 Å². The fourth-order valence-electron chi connectivity index (χ4n) is 2.40. The van der Waals surface area contributed by atoms with Crippen LogP contribution in [0, 0.1) is 10.1 Å². The van der Waals surface area contributed by atoms with E-state index in [1.807, 2.05) is 54.6 Å². The quantitative estimate of drug-likeness (QED) is 0.231. The van der Waals surface area contributed by atoms with E-state index in [-0.39, 0.29) is 5.69 Å². The molecule has 0 atom stereocenters. The normalized spacial score (nSPS) is 10.5. The second-order valence-corrected chi connectivity index (χ2v) is 6.21. The van der Waals surface area contributed by atoms with E-state index < -0.39 is 4.92 Å². The molecule has 8 nitrogen and oxygen atoms in total. The van der Waals surface area contributed by atoms with E-state index in [2.05, 4.69) is 20.9 Å². The molecule has 0 aliphatic rings. The molecule has 146 valence electrons. The highest BCUT2D eigenvalue weighted by Crippen LogP contribution is 2.29. The van der Waals surface area contributed by atoms with Crippen molar-refractivity contribution >= 4 is 45.8 Å². The molecular weight excluding hydrogens is 390 g/mol. The lowest BCUT2D eigenvalue weighted by atomic mass is 10.2. The van der Waals surface area contributed by atoms with Gasteiger partial charge in [-0.25, -0.2) is 0 Å². The van der Waals surface area contributed by atoms with Crippen molar-refractivity contribution in [2.75, 3.05) is 17.7 Å². The number of nitro benzene ring substituents is 1. The molecule has 0 spiro atoms. The molecule has 0 heterocycles. The SMILES string of the molecule is COc1cc([N+](=O)[O-])ccc1NC(=S)Nc1ccc(N=Nc2ccccc2)cc1. The van der Waals surface area contributed by atoms with Crippen molar-refractivity contribution in [1.82, 2.24) is 0 Å². The van der Waals surface area contributed by atoms with Gasteiger partial charge in [0.05, 0.1) is 35.2 Å². The van der Waals surface area contributed by atoms with Crippen LogP contribution in [0.25, 0.3) is 0 Å². The molecule has 0 fully saturated rings. The van der Waals surface area contributed by atoms with Crippen molar-refractivity contribution in [3.05, 3.63) is 82.9 Å². The molecule has 3 rings (SSSR count). The van der Waals surface area contributed by atoms with Gasteiger partial charge in [-0.1, -0.05) is 18.2 Å². The summed E-state index contributed by atoms with van der Waals surface area (Å²) >= 11 is 5.30. The van der Waals surface area contributed by atoms with Crippen LogP contribution in [0.3, 0.4) is 0 Å². The maximum Gasteiger partial charge on any atom is 0.273 e. The van der Waals surface area contributed by atoms with Gasteiger partial charge < -0.3 is 15.4 Å². The van der Waals surface area contributed by atoms with E-state index in [1.165, 1.54) is 25.3 Å². The summed E-state index contributed by atoms with van der Waals surface area (Å²) in [7, 11) is 1.43. The summed E-state index contributed by atoms with van der Waals surface area (Å²) in [5.41, 5.74) is 2.69. The Hall–Kier alpha value is -3.85. The zero-order valence-electron chi connectivity index (χ0n) is 15.4. The molecule has 0 unspecified atom stereocenters. The molecule has 0 radical (unpaired) electrons.